The van der Waals surface area contributed by atoms with Crippen LogP contribution in [0.1, 0.15) is 30.1 Å². The Bertz CT molecular complexity index is 477. The quantitative estimate of drug-likeness (QED) is 0.751. The van der Waals surface area contributed by atoms with E-state index in [-0.39, 0.29) is 6.10 Å². The molecule has 0 aromatic heterocycles. The normalized spacial score (nSPS) is 27.5. The van der Waals surface area contributed by atoms with Crippen LogP contribution in [0, 0.1) is 0 Å². The predicted molar refractivity (Wildman–Crippen MR) is 68.9 cm³/mol. The van der Waals surface area contributed by atoms with E-state index in [1.165, 1.54) is 11.1 Å². The molecule has 1 heteroatoms. The van der Waals surface area contributed by atoms with Gasteiger partial charge in [-0.25, -0.2) is 0 Å². The lowest BCUT2D eigenvalue weighted by atomic mass is 9.80. The average Bonchev–Trinajstić information content (AvgIpc) is 2.38. The topological polar surface area (TPSA) is 9.23 Å². The minimum Gasteiger partial charge on any atom is -0.369 e. The number of hydrogen-bond donors (Lipinski definition) is 0. The highest BCUT2D eigenvalue weighted by molar-refractivity contribution is 5.30. The van der Waals surface area contributed by atoms with Gasteiger partial charge in [-0.2, -0.15) is 0 Å². The summed E-state index contributed by atoms with van der Waals surface area (Å²) in [6.45, 7) is 2.15. The largest absolute Gasteiger partial charge is 0.369 e. The van der Waals surface area contributed by atoms with Crippen LogP contribution in [0.2, 0.25) is 0 Å². The molecule has 17 heavy (non-hydrogen) atoms. The highest BCUT2D eigenvalue weighted by Gasteiger charge is 2.41. The molecule has 0 N–H and O–H groups in total. The third kappa shape index (κ3) is 1.87. The van der Waals surface area contributed by atoms with Crippen LogP contribution < -0.4 is 0 Å². The molecule has 0 aliphatic carbocycles. The highest BCUT2D eigenvalue weighted by Crippen LogP contribution is 2.47. The molecule has 3 rings (SSSR count). The maximum absolute atomic E-state index is 5.89. The Morgan fingerprint density at radius 3 is 1.82 bits per heavy atom. The summed E-state index contributed by atoms with van der Waals surface area (Å²) in [4.78, 5) is 0. The summed E-state index contributed by atoms with van der Waals surface area (Å²) in [6.07, 6.45) is 0.524. The summed E-state index contributed by atoms with van der Waals surface area (Å²) in [5.74, 6) is 0.485. The summed E-state index contributed by atoms with van der Waals surface area (Å²) in [5, 5.41) is 0. The summed E-state index contributed by atoms with van der Waals surface area (Å²) in [7, 11) is 0. The van der Waals surface area contributed by atoms with E-state index >= 15 is 0 Å². The van der Waals surface area contributed by atoms with Crippen molar-refractivity contribution in [3.8, 4) is 0 Å². The zero-order valence-electron chi connectivity index (χ0n) is 9.91. The summed E-state index contributed by atoms with van der Waals surface area (Å²) in [6, 6.07) is 21.1. The number of hydrogen-bond acceptors (Lipinski definition) is 1. The Morgan fingerprint density at radius 1 is 0.765 bits per heavy atom. The predicted octanol–water partition coefficient (Wildman–Crippen LogP) is 3.93. The SMILES string of the molecule is C[C@@H]1O[C@@H](c2ccccc2)[C@H]1c1ccccc1. The van der Waals surface area contributed by atoms with E-state index in [1.807, 2.05) is 6.07 Å². The summed E-state index contributed by atoms with van der Waals surface area (Å²) >= 11 is 0. The van der Waals surface area contributed by atoms with Gasteiger partial charge in [0.15, 0.2) is 0 Å². The van der Waals surface area contributed by atoms with E-state index in [9.17, 15) is 0 Å². The van der Waals surface area contributed by atoms with Gasteiger partial charge in [0, 0.05) is 5.92 Å². The Labute approximate surface area is 102 Å². The van der Waals surface area contributed by atoms with Crippen molar-refractivity contribution >= 4 is 0 Å². The molecule has 0 unspecified atom stereocenters. The van der Waals surface area contributed by atoms with Crippen molar-refractivity contribution < 1.29 is 4.74 Å². The van der Waals surface area contributed by atoms with Crippen molar-refractivity contribution in [1.29, 1.82) is 0 Å². The number of benzene rings is 2. The van der Waals surface area contributed by atoms with Crippen LogP contribution in [-0.2, 0) is 4.74 Å². The zero-order chi connectivity index (χ0) is 11.7. The first-order valence-electron chi connectivity index (χ1n) is 6.11. The third-order valence-electron chi connectivity index (χ3n) is 3.51. The van der Waals surface area contributed by atoms with E-state index in [4.69, 9.17) is 4.74 Å². The van der Waals surface area contributed by atoms with E-state index in [1.54, 1.807) is 0 Å². The fraction of sp³-hybridized carbons (Fsp3) is 0.250. The third-order valence-corrected chi connectivity index (χ3v) is 3.51. The van der Waals surface area contributed by atoms with Crippen LogP contribution in [0.3, 0.4) is 0 Å². The van der Waals surface area contributed by atoms with Gasteiger partial charge < -0.3 is 4.74 Å². The molecule has 2 aromatic carbocycles. The van der Waals surface area contributed by atoms with E-state index in [2.05, 4.69) is 61.5 Å². The van der Waals surface area contributed by atoms with Crippen molar-refractivity contribution in [2.45, 2.75) is 25.0 Å². The lowest BCUT2D eigenvalue weighted by molar-refractivity contribution is -0.142. The lowest BCUT2D eigenvalue weighted by Gasteiger charge is -2.44. The van der Waals surface area contributed by atoms with Gasteiger partial charge in [0.05, 0.1) is 12.2 Å². The van der Waals surface area contributed by atoms with Crippen LogP contribution in [0.5, 0.6) is 0 Å². The first-order chi connectivity index (χ1) is 8.36. The molecule has 0 amide bonds. The average molecular weight is 224 g/mol. The molecule has 1 saturated heterocycles. The Kier molecular flexibility index (Phi) is 2.69. The van der Waals surface area contributed by atoms with Gasteiger partial charge in [0.1, 0.15) is 0 Å². The molecular formula is C16H16O. The number of ether oxygens (including phenoxy) is 1. The van der Waals surface area contributed by atoms with Crippen molar-refractivity contribution in [2.75, 3.05) is 0 Å². The smallest absolute Gasteiger partial charge is 0.0922 e. The van der Waals surface area contributed by atoms with Gasteiger partial charge in [-0.05, 0) is 18.1 Å². The van der Waals surface area contributed by atoms with Gasteiger partial charge in [-0.1, -0.05) is 60.7 Å². The molecule has 1 fully saturated rings. The summed E-state index contributed by atoms with van der Waals surface area (Å²) in [5.41, 5.74) is 2.65. The molecule has 0 saturated carbocycles. The molecule has 1 nitrogen and oxygen atoms in total. The lowest BCUT2D eigenvalue weighted by Crippen LogP contribution is -2.38. The van der Waals surface area contributed by atoms with Crippen LogP contribution in [-0.4, -0.2) is 6.10 Å². The first-order valence-corrected chi connectivity index (χ1v) is 6.11. The fourth-order valence-corrected chi connectivity index (χ4v) is 2.61. The Hall–Kier alpha value is -1.60. The molecule has 2 aromatic rings. The molecule has 1 aliphatic rings. The van der Waals surface area contributed by atoms with E-state index < -0.39 is 0 Å². The second-order valence-electron chi connectivity index (χ2n) is 4.61. The molecule has 1 heterocycles. The zero-order valence-corrected chi connectivity index (χ0v) is 9.91. The van der Waals surface area contributed by atoms with Crippen molar-refractivity contribution in [2.24, 2.45) is 0 Å². The van der Waals surface area contributed by atoms with Gasteiger partial charge >= 0.3 is 0 Å². The van der Waals surface area contributed by atoms with Crippen LogP contribution >= 0.6 is 0 Å². The van der Waals surface area contributed by atoms with E-state index in [0.29, 0.717) is 12.0 Å². The molecule has 0 radical (unpaired) electrons. The summed E-state index contributed by atoms with van der Waals surface area (Å²) < 4.78 is 5.89. The maximum atomic E-state index is 5.89. The monoisotopic (exact) mass is 224 g/mol. The van der Waals surface area contributed by atoms with Gasteiger partial charge in [-0.15, -0.1) is 0 Å². The van der Waals surface area contributed by atoms with Gasteiger partial charge in [0.25, 0.3) is 0 Å². The van der Waals surface area contributed by atoms with Crippen LogP contribution in [0.15, 0.2) is 60.7 Å². The standard InChI is InChI=1S/C16H16O/c1-12-15(13-8-4-2-5-9-13)16(17-12)14-10-6-3-7-11-14/h2-12,15-16H,1H3/t12-,15+,16-/m0/s1. The highest BCUT2D eigenvalue weighted by atomic mass is 16.5. The minimum atomic E-state index is 0.216. The van der Waals surface area contributed by atoms with Gasteiger partial charge in [-0.3, -0.25) is 0 Å². The minimum absolute atomic E-state index is 0.216. The first kappa shape index (κ1) is 10.5. The van der Waals surface area contributed by atoms with Crippen molar-refractivity contribution in [3.05, 3.63) is 71.8 Å². The maximum Gasteiger partial charge on any atom is 0.0922 e. The van der Waals surface area contributed by atoms with Crippen molar-refractivity contribution in [1.82, 2.24) is 0 Å². The number of rotatable bonds is 2. The molecule has 0 bridgehead atoms. The molecule has 86 valence electrons. The van der Waals surface area contributed by atoms with Crippen LogP contribution in [0.25, 0.3) is 0 Å². The second-order valence-corrected chi connectivity index (χ2v) is 4.61. The Balaban J connectivity index is 1.89. The fourth-order valence-electron chi connectivity index (χ4n) is 2.61. The molecule has 1 aliphatic heterocycles. The Morgan fingerprint density at radius 2 is 1.29 bits per heavy atom. The molecule has 0 spiro atoms. The second kappa shape index (κ2) is 4.34. The van der Waals surface area contributed by atoms with E-state index in [0.717, 1.165) is 0 Å². The molecule has 3 atom stereocenters. The molecular weight excluding hydrogens is 208 g/mol. The van der Waals surface area contributed by atoms with Crippen molar-refractivity contribution in [3.63, 3.8) is 0 Å². The van der Waals surface area contributed by atoms with Gasteiger partial charge in [0.2, 0.25) is 0 Å². The van der Waals surface area contributed by atoms with Crippen LogP contribution in [0.4, 0.5) is 0 Å².